The minimum absolute atomic E-state index is 0.328. The molecule has 0 amide bonds. The molecule has 0 saturated heterocycles. The molecular formula is C9H13NO3. The Morgan fingerprint density at radius 2 is 2.31 bits per heavy atom. The molecule has 0 bridgehead atoms. The molecular weight excluding hydrogens is 170 g/mol. The number of carbonyl (C=O) groups excluding carboxylic acids is 1. The Bertz CT molecular complexity index is 205. The topological polar surface area (TPSA) is 59.3 Å². The number of ether oxygens (including phenoxy) is 2. The largest absolute Gasteiger partial charge is 0.462 e. The smallest absolute Gasteiger partial charge is 0.331 e. The van der Waals surface area contributed by atoms with Crippen LogP contribution in [0.15, 0.2) is 12.2 Å². The Hall–Kier alpha value is -1.34. The van der Waals surface area contributed by atoms with Crippen LogP contribution in [0.5, 0.6) is 0 Å². The van der Waals surface area contributed by atoms with Crippen LogP contribution in [-0.4, -0.2) is 25.8 Å². The molecule has 0 aliphatic heterocycles. The molecule has 4 nitrogen and oxygen atoms in total. The second-order valence-electron chi connectivity index (χ2n) is 2.18. The van der Waals surface area contributed by atoms with Crippen molar-refractivity contribution in [1.29, 1.82) is 5.26 Å². The fourth-order valence-electron chi connectivity index (χ4n) is 0.632. The molecule has 0 saturated carbocycles. The van der Waals surface area contributed by atoms with Gasteiger partial charge in [-0.15, -0.1) is 0 Å². The summed E-state index contributed by atoms with van der Waals surface area (Å²) in [7, 11) is 0. The lowest BCUT2D eigenvalue weighted by molar-refractivity contribution is -0.138. The fraction of sp³-hybridized carbons (Fsp3) is 0.556. The predicted octanol–water partition coefficient (Wildman–Crippen LogP) is 1.04. The molecule has 0 aromatic rings. The molecule has 0 heterocycles. The number of hydrogen-bond donors (Lipinski definition) is 0. The van der Waals surface area contributed by atoms with Crippen LogP contribution in [0, 0.1) is 11.3 Å². The second kappa shape index (κ2) is 8.75. The highest BCUT2D eigenvalue weighted by atomic mass is 16.5. The molecule has 0 aromatic carbocycles. The maximum atomic E-state index is 10.7. The summed E-state index contributed by atoms with van der Waals surface area (Å²) in [5.74, 6) is -0.488. The van der Waals surface area contributed by atoms with Gasteiger partial charge in [-0.1, -0.05) is 0 Å². The van der Waals surface area contributed by atoms with Crippen molar-refractivity contribution in [2.75, 3.05) is 19.8 Å². The summed E-state index contributed by atoms with van der Waals surface area (Å²) in [6, 6.07) is 1.70. The van der Waals surface area contributed by atoms with Gasteiger partial charge in [0, 0.05) is 31.8 Å². The Morgan fingerprint density at radius 3 is 2.92 bits per heavy atom. The molecule has 0 radical (unpaired) electrons. The van der Waals surface area contributed by atoms with E-state index in [0.717, 1.165) is 12.2 Å². The van der Waals surface area contributed by atoms with Crippen molar-refractivity contribution in [3.63, 3.8) is 0 Å². The quantitative estimate of drug-likeness (QED) is 0.267. The van der Waals surface area contributed by atoms with E-state index in [1.165, 1.54) is 0 Å². The van der Waals surface area contributed by atoms with E-state index in [-0.39, 0.29) is 0 Å². The van der Waals surface area contributed by atoms with E-state index in [0.29, 0.717) is 26.2 Å². The summed E-state index contributed by atoms with van der Waals surface area (Å²) in [6.45, 7) is 3.49. The van der Waals surface area contributed by atoms with E-state index >= 15 is 0 Å². The zero-order valence-corrected chi connectivity index (χ0v) is 7.66. The summed E-state index contributed by atoms with van der Waals surface area (Å²) in [5.41, 5.74) is 0. The minimum Gasteiger partial charge on any atom is -0.462 e. The molecule has 0 fully saturated rings. The van der Waals surface area contributed by atoms with Gasteiger partial charge in [0.1, 0.15) is 0 Å². The maximum Gasteiger partial charge on any atom is 0.331 e. The van der Waals surface area contributed by atoms with Crippen LogP contribution in [0.4, 0.5) is 0 Å². The monoisotopic (exact) mass is 183 g/mol. The third-order valence-electron chi connectivity index (χ3n) is 1.18. The first kappa shape index (κ1) is 11.7. The lowest BCUT2D eigenvalue weighted by Crippen LogP contribution is -2.05. The van der Waals surface area contributed by atoms with E-state index in [1.807, 2.05) is 6.92 Å². The maximum absolute atomic E-state index is 10.7. The first-order chi connectivity index (χ1) is 6.31. The van der Waals surface area contributed by atoms with Crippen molar-refractivity contribution in [2.24, 2.45) is 0 Å². The van der Waals surface area contributed by atoms with Crippen molar-refractivity contribution in [3.8, 4) is 6.07 Å². The first-order valence-corrected chi connectivity index (χ1v) is 4.12. The molecule has 0 aliphatic carbocycles. The Labute approximate surface area is 77.8 Å². The van der Waals surface area contributed by atoms with E-state index in [9.17, 15) is 4.79 Å². The highest BCUT2D eigenvalue weighted by Gasteiger charge is 1.95. The van der Waals surface area contributed by atoms with Gasteiger partial charge in [-0.2, -0.15) is 5.26 Å². The number of allylic oxidation sites excluding steroid dienone is 1. The lowest BCUT2D eigenvalue weighted by Gasteiger charge is -2.01. The minimum atomic E-state index is -0.488. The van der Waals surface area contributed by atoms with E-state index in [4.69, 9.17) is 14.7 Å². The van der Waals surface area contributed by atoms with Crippen LogP contribution >= 0.6 is 0 Å². The van der Waals surface area contributed by atoms with Gasteiger partial charge < -0.3 is 9.47 Å². The molecule has 0 rings (SSSR count). The third-order valence-corrected chi connectivity index (χ3v) is 1.18. The summed E-state index contributed by atoms with van der Waals surface area (Å²) in [6.07, 6.45) is 2.87. The number of carbonyl (C=O) groups is 1. The van der Waals surface area contributed by atoms with Crippen LogP contribution in [0.25, 0.3) is 0 Å². The number of nitrogens with zero attached hydrogens (tertiary/aromatic N) is 1. The zero-order valence-electron chi connectivity index (χ0n) is 7.66. The third kappa shape index (κ3) is 8.57. The first-order valence-electron chi connectivity index (χ1n) is 4.12. The van der Waals surface area contributed by atoms with Gasteiger partial charge in [0.25, 0.3) is 0 Å². The summed E-state index contributed by atoms with van der Waals surface area (Å²) < 4.78 is 9.77. The summed E-state index contributed by atoms with van der Waals surface area (Å²) in [5, 5.41) is 8.09. The molecule has 4 heteroatoms. The molecule has 0 spiro atoms. The summed E-state index contributed by atoms with van der Waals surface area (Å²) >= 11 is 0. The zero-order chi connectivity index (χ0) is 9.94. The average Bonchev–Trinajstić information content (AvgIpc) is 2.14. The highest BCUT2D eigenvalue weighted by molar-refractivity contribution is 5.82. The van der Waals surface area contributed by atoms with Crippen molar-refractivity contribution in [1.82, 2.24) is 0 Å². The van der Waals surface area contributed by atoms with Crippen LogP contribution < -0.4 is 0 Å². The van der Waals surface area contributed by atoms with Crippen LogP contribution in [0.3, 0.4) is 0 Å². The Kier molecular flexibility index (Phi) is 7.85. The van der Waals surface area contributed by atoms with E-state index in [1.54, 1.807) is 6.07 Å². The van der Waals surface area contributed by atoms with Gasteiger partial charge in [0.15, 0.2) is 0 Å². The van der Waals surface area contributed by atoms with Gasteiger partial charge in [-0.05, 0) is 6.92 Å². The molecule has 0 atom stereocenters. The molecule has 13 heavy (non-hydrogen) atoms. The van der Waals surface area contributed by atoms with Gasteiger partial charge in [0.05, 0.1) is 12.7 Å². The molecule has 0 aromatic heterocycles. The molecule has 0 N–H and O–H groups in total. The van der Waals surface area contributed by atoms with E-state index < -0.39 is 5.97 Å². The van der Waals surface area contributed by atoms with E-state index in [2.05, 4.69) is 0 Å². The lowest BCUT2D eigenvalue weighted by atomic mass is 10.5. The normalized spacial score (nSPS) is 9.85. The number of esters is 1. The Morgan fingerprint density at radius 1 is 1.54 bits per heavy atom. The van der Waals surface area contributed by atoms with Crippen molar-refractivity contribution in [3.05, 3.63) is 12.2 Å². The van der Waals surface area contributed by atoms with Crippen LogP contribution in [0.2, 0.25) is 0 Å². The van der Waals surface area contributed by atoms with Crippen LogP contribution in [-0.2, 0) is 14.3 Å². The summed E-state index contributed by atoms with van der Waals surface area (Å²) in [4.78, 5) is 10.7. The Balaban J connectivity index is 3.28. The van der Waals surface area contributed by atoms with Crippen molar-refractivity contribution >= 4 is 5.97 Å². The van der Waals surface area contributed by atoms with Gasteiger partial charge in [-0.25, -0.2) is 4.79 Å². The number of hydrogen-bond acceptors (Lipinski definition) is 4. The molecule has 0 unspecified atom stereocenters. The van der Waals surface area contributed by atoms with Crippen molar-refractivity contribution in [2.45, 2.75) is 13.3 Å². The van der Waals surface area contributed by atoms with Gasteiger partial charge >= 0.3 is 5.97 Å². The average molecular weight is 183 g/mol. The van der Waals surface area contributed by atoms with Gasteiger partial charge in [-0.3, -0.25) is 0 Å². The van der Waals surface area contributed by atoms with Crippen molar-refractivity contribution < 1.29 is 14.3 Å². The fourth-order valence-corrected chi connectivity index (χ4v) is 0.632. The van der Waals surface area contributed by atoms with Crippen LogP contribution in [0.1, 0.15) is 13.3 Å². The number of rotatable bonds is 6. The number of nitriles is 1. The molecule has 0 aliphatic rings. The second-order valence-corrected chi connectivity index (χ2v) is 2.18. The standard InChI is InChI=1S/C9H13NO3/c1-2-12-7-4-8-13-9(11)5-3-6-10/h3,5H,2,4,7-8H2,1H3. The highest BCUT2D eigenvalue weighted by Crippen LogP contribution is 1.87. The predicted molar refractivity (Wildman–Crippen MR) is 46.8 cm³/mol. The van der Waals surface area contributed by atoms with Gasteiger partial charge in [0.2, 0.25) is 0 Å². The SMILES string of the molecule is CCOCCCOC(=O)C=CC#N. The molecule has 72 valence electrons.